The minimum absolute atomic E-state index is 0.0286. The second-order valence-electron chi connectivity index (χ2n) is 8.00. The number of nitrogens with one attached hydrogen (secondary N) is 1. The van der Waals surface area contributed by atoms with E-state index in [4.69, 9.17) is 11.6 Å². The molecule has 1 aliphatic rings. The lowest BCUT2D eigenvalue weighted by molar-refractivity contribution is -0.384. The van der Waals surface area contributed by atoms with E-state index in [0.717, 1.165) is 35.8 Å². The summed E-state index contributed by atoms with van der Waals surface area (Å²) in [5.74, 6) is 0.0231. The Morgan fingerprint density at radius 1 is 1.43 bits per heavy atom. The molecule has 0 unspecified atom stereocenters. The largest absolute Gasteiger partial charge is 0.312 e. The van der Waals surface area contributed by atoms with E-state index in [9.17, 15) is 20.2 Å². The Hall–Kier alpha value is -2.43. The van der Waals surface area contributed by atoms with E-state index in [-0.39, 0.29) is 21.7 Å². The third-order valence-corrected chi connectivity index (χ3v) is 6.72. The first-order chi connectivity index (χ1) is 13.1. The van der Waals surface area contributed by atoms with Crippen molar-refractivity contribution < 1.29 is 9.72 Å². The molecule has 0 bridgehead atoms. The quantitative estimate of drug-likeness (QED) is 0.520. The Kier molecular flexibility index (Phi) is 5.46. The van der Waals surface area contributed by atoms with Crippen LogP contribution in [0.4, 0.5) is 10.7 Å². The zero-order valence-electron chi connectivity index (χ0n) is 15.8. The Balaban J connectivity index is 1.89. The summed E-state index contributed by atoms with van der Waals surface area (Å²) < 4.78 is 0. The highest BCUT2D eigenvalue weighted by Gasteiger charge is 2.32. The molecule has 3 rings (SSSR count). The predicted molar refractivity (Wildman–Crippen MR) is 110 cm³/mol. The molecule has 1 atom stereocenters. The highest BCUT2D eigenvalue weighted by molar-refractivity contribution is 7.16. The average Bonchev–Trinajstić information content (AvgIpc) is 2.97. The molecule has 1 heterocycles. The maximum Gasteiger partial charge on any atom is 0.288 e. The summed E-state index contributed by atoms with van der Waals surface area (Å²) in [6, 6.07) is 6.12. The van der Waals surface area contributed by atoms with Crippen LogP contribution in [0.3, 0.4) is 0 Å². The van der Waals surface area contributed by atoms with E-state index in [1.165, 1.54) is 23.5 Å². The third-order valence-electron chi connectivity index (χ3n) is 5.23. The van der Waals surface area contributed by atoms with Gasteiger partial charge in [0.1, 0.15) is 16.1 Å². The lowest BCUT2D eigenvalue weighted by atomic mass is 9.72. The fourth-order valence-corrected chi connectivity index (χ4v) is 4.96. The van der Waals surface area contributed by atoms with E-state index in [1.54, 1.807) is 0 Å². The number of rotatable bonds is 3. The highest BCUT2D eigenvalue weighted by atomic mass is 35.5. The number of carbonyl (C=O) groups is 1. The molecule has 0 aliphatic heterocycles. The molecule has 0 fully saturated rings. The van der Waals surface area contributed by atoms with E-state index >= 15 is 0 Å². The first-order valence-electron chi connectivity index (χ1n) is 8.91. The molecule has 1 aromatic carbocycles. The molecule has 146 valence electrons. The SMILES string of the molecule is CC(C)(C)[C@H]1CCc2c(sc(NC(=O)c3ccc(Cl)c([N+](=O)[O-])c3)c2C#N)C1. The maximum absolute atomic E-state index is 12.6. The zero-order valence-corrected chi connectivity index (χ0v) is 17.4. The second kappa shape index (κ2) is 7.53. The van der Waals surface area contributed by atoms with Gasteiger partial charge in [-0.15, -0.1) is 11.3 Å². The zero-order chi connectivity index (χ0) is 20.6. The average molecular weight is 418 g/mol. The molecule has 1 aliphatic carbocycles. The van der Waals surface area contributed by atoms with Crippen LogP contribution in [0.5, 0.6) is 0 Å². The molecular weight excluding hydrogens is 398 g/mol. The molecule has 0 saturated heterocycles. The minimum atomic E-state index is -0.629. The van der Waals surface area contributed by atoms with E-state index in [2.05, 4.69) is 32.2 Å². The van der Waals surface area contributed by atoms with Gasteiger partial charge in [-0.25, -0.2) is 0 Å². The van der Waals surface area contributed by atoms with Crippen molar-refractivity contribution in [2.45, 2.75) is 40.0 Å². The molecule has 1 aromatic heterocycles. The lowest BCUT2D eigenvalue weighted by Crippen LogP contribution is -2.26. The van der Waals surface area contributed by atoms with Gasteiger partial charge in [-0.1, -0.05) is 32.4 Å². The number of nitro benzene ring substituents is 1. The van der Waals surface area contributed by atoms with Crippen LogP contribution in [-0.4, -0.2) is 10.8 Å². The summed E-state index contributed by atoms with van der Waals surface area (Å²) in [5.41, 5.74) is 1.50. The van der Waals surface area contributed by atoms with Gasteiger partial charge in [0.2, 0.25) is 0 Å². The highest BCUT2D eigenvalue weighted by Crippen LogP contribution is 2.44. The second-order valence-corrected chi connectivity index (χ2v) is 9.52. The predicted octanol–water partition coefficient (Wildman–Crippen LogP) is 5.58. The van der Waals surface area contributed by atoms with Crippen molar-refractivity contribution in [1.29, 1.82) is 5.26 Å². The number of benzene rings is 1. The van der Waals surface area contributed by atoms with Crippen molar-refractivity contribution in [2.24, 2.45) is 11.3 Å². The van der Waals surface area contributed by atoms with Crippen molar-refractivity contribution >= 4 is 39.5 Å². The molecule has 8 heteroatoms. The van der Waals surface area contributed by atoms with Crippen LogP contribution in [0.25, 0.3) is 0 Å². The number of hydrogen-bond acceptors (Lipinski definition) is 5. The number of carbonyl (C=O) groups excluding carboxylic acids is 1. The van der Waals surface area contributed by atoms with Gasteiger partial charge in [-0.3, -0.25) is 14.9 Å². The van der Waals surface area contributed by atoms with Gasteiger partial charge in [-0.05, 0) is 48.3 Å². The van der Waals surface area contributed by atoms with Gasteiger partial charge in [0.05, 0.1) is 10.5 Å². The van der Waals surface area contributed by atoms with E-state index in [0.29, 0.717) is 16.5 Å². The maximum atomic E-state index is 12.6. The summed E-state index contributed by atoms with van der Waals surface area (Å²) in [6.07, 6.45) is 2.72. The number of nitrogens with zero attached hydrogens (tertiary/aromatic N) is 2. The lowest BCUT2D eigenvalue weighted by Gasteiger charge is -2.33. The number of thiophene rings is 1. The monoisotopic (exact) mass is 417 g/mol. The molecule has 1 N–H and O–H groups in total. The third kappa shape index (κ3) is 3.89. The van der Waals surface area contributed by atoms with E-state index in [1.807, 2.05) is 0 Å². The van der Waals surface area contributed by atoms with Crippen LogP contribution in [0.1, 0.15) is 53.6 Å². The summed E-state index contributed by atoms with van der Waals surface area (Å²) in [7, 11) is 0. The first-order valence-corrected chi connectivity index (χ1v) is 10.1. The fourth-order valence-electron chi connectivity index (χ4n) is 3.50. The molecule has 28 heavy (non-hydrogen) atoms. The number of nitro groups is 1. The van der Waals surface area contributed by atoms with Crippen LogP contribution in [0.2, 0.25) is 5.02 Å². The van der Waals surface area contributed by atoms with Crippen molar-refractivity contribution in [3.63, 3.8) is 0 Å². The Bertz CT molecular complexity index is 1000. The van der Waals surface area contributed by atoms with Crippen LogP contribution in [-0.2, 0) is 12.8 Å². The summed E-state index contributed by atoms with van der Waals surface area (Å²) in [6.45, 7) is 6.66. The minimum Gasteiger partial charge on any atom is -0.312 e. The van der Waals surface area contributed by atoms with Crippen molar-refractivity contribution in [3.05, 3.63) is 54.9 Å². The molecule has 0 spiro atoms. The van der Waals surface area contributed by atoms with Gasteiger partial charge in [0.15, 0.2) is 0 Å². The first kappa shape index (κ1) is 20.3. The van der Waals surface area contributed by atoms with Crippen LogP contribution < -0.4 is 5.32 Å². The molecule has 1 amide bonds. The van der Waals surface area contributed by atoms with Gasteiger partial charge >= 0.3 is 0 Å². The molecular formula is C20H20ClN3O3S. The Morgan fingerprint density at radius 2 is 2.14 bits per heavy atom. The number of hydrogen-bond donors (Lipinski definition) is 1. The number of nitriles is 1. The van der Waals surface area contributed by atoms with Crippen molar-refractivity contribution in [2.75, 3.05) is 5.32 Å². The van der Waals surface area contributed by atoms with Gasteiger partial charge in [0.25, 0.3) is 11.6 Å². The van der Waals surface area contributed by atoms with Gasteiger partial charge < -0.3 is 5.32 Å². The fraction of sp³-hybridized carbons (Fsp3) is 0.400. The molecule has 6 nitrogen and oxygen atoms in total. The Labute approximate surface area is 172 Å². The van der Waals surface area contributed by atoms with Gasteiger partial charge in [0, 0.05) is 16.5 Å². The van der Waals surface area contributed by atoms with Crippen LogP contribution in [0.15, 0.2) is 18.2 Å². The summed E-state index contributed by atoms with van der Waals surface area (Å²) >= 11 is 7.24. The smallest absolute Gasteiger partial charge is 0.288 e. The molecule has 2 aromatic rings. The Morgan fingerprint density at radius 3 is 2.75 bits per heavy atom. The van der Waals surface area contributed by atoms with Crippen molar-refractivity contribution in [3.8, 4) is 6.07 Å². The van der Waals surface area contributed by atoms with Crippen molar-refractivity contribution in [1.82, 2.24) is 0 Å². The number of halogens is 1. The topological polar surface area (TPSA) is 96.0 Å². The standard InChI is InChI=1S/C20H20ClN3O3S/c1-20(2,3)12-5-6-13-14(10-22)19(28-17(13)9-12)23-18(25)11-4-7-15(21)16(8-11)24(26)27/h4,7-8,12H,5-6,9H2,1-3H3,(H,23,25)/t12-/m0/s1. The van der Waals surface area contributed by atoms with Crippen LogP contribution >= 0.6 is 22.9 Å². The number of amides is 1. The molecule has 0 saturated carbocycles. The van der Waals surface area contributed by atoms with Crippen LogP contribution in [0, 0.1) is 32.8 Å². The molecule has 0 radical (unpaired) electrons. The number of anilines is 1. The van der Waals surface area contributed by atoms with Gasteiger partial charge in [-0.2, -0.15) is 5.26 Å². The number of fused-ring (bicyclic) bond motifs is 1. The summed E-state index contributed by atoms with van der Waals surface area (Å²) in [4.78, 5) is 24.2. The summed E-state index contributed by atoms with van der Waals surface area (Å²) in [5, 5.41) is 23.9. The normalized spacial score (nSPS) is 16.2. The van der Waals surface area contributed by atoms with E-state index < -0.39 is 10.8 Å².